The Labute approximate surface area is 138 Å². The Morgan fingerprint density at radius 1 is 1.08 bits per heavy atom. The molecule has 1 amide bonds. The summed E-state index contributed by atoms with van der Waals surface area (Å²) in [5.41, 5.74) is 7.75. The Kier molecular flexibility index (Phi) is 3.27. The van der Waals surface area contributed by atoms with Gasteiger partial charge in [0, 0.05) is 10.9 Å². The Morgan fingerprint density at radius 2 is 1.88 bits per heavy atom. The van der Waals surface area contributed by atoms with E-state index in [9.17, 15) is 4.79 Å². The molecule has 0 spiro atoms. The lowest BCUT2D eigenvalue weighted by atomic mass is 9.94. The molecule has 4 rings (SSSR count). The molecule has 3 aromatic rings. The molecule has 1 aliphatic rings. The zero-order valence-corrected chi connectivity index (χ0v) is 13.0. The van der Waals surface area contributed by atoms with Crippen molar-refractivity contribution in [3.8, 4) is 28.4 Å². The van der Waals surface area contributed by atoms with Crippen molar-refractivity contribution in [2.45, 2.75) is 0 Å². The van der Waals surface area contributed by atoms with E-state index in [4.69, 9.17) is 19.9 Å². The average molecular weight is 321 g/mol. The molecule has 120 valence electrons. The van der Waals surface area contributed by atoms with E-state index in [-0.39, 0.29) is 6.79 Å². The minimum atomic E-state index is -0.468. The Balaban J connectivity index is 2.03. The van der Waals surface area contributed by atoms with Gasteiger partial charge in [-0.05, 0) is 46.8 Å². The van der Waals surface area contributed by atoms with Crippen LogP contribution in [0.3, 0.4) is 0 Å². The zero-order chi connectivity index (χ0) is 16.7. The van der Waals surface area contributed by atoms with Crippen LogP contribution in [0.5, 0.6) is 17.2 Å². The van der Waals surface area contributed by atoms with E-state index in [1.54, 1.807) is 19.2 Å². The van der Waals surface area contributed by atoms with E-state index in [0.29, 0.717) is 17.1 Å². The number of carbonyl (C=O) groups excluding carboxylic acids is 1. The Bertz CT molecular complexity index is 948. The first-order valence-electron chi connectivity index (χ1n) is 7.48. The van der Waals surface area contributed by atoms with Crippen LogP contribution in [0.4, 0.5) is 0 Å². The van der Waals surface area contributed by atoms with Gasteiger partial charge in [-0.3, -0.25) is 4.79 Å². The van der Waals surface area contributed by atoms with Gasteiger partial charge in [-0.2, -0.15) is 0 Å². The summed E-state index contributed by atoms with van der Waals surface area (Å²) in [6, 6.07) is 14.9. The van der Waals surface area contributed by atoms with Crippen LogP contribution in [0.25, 0.3) is 21.9 Å². The quantitative estimate of drug-likeness (QED) is 0.803. The highest BCUT2D eigenvalue weighted by molar-refractivity contribution is 6.07. The number of carbonyl (C=O) groups is 1. The van der Waals surface area contributed by atoms with Gasteiger partial charge in [-0.25, -0.2) is 0 Å². The minimum Gasteiger partial charge on any atom is -0.497 e. The maximum absolute atomic E-state index is 11.7. The maximum atomic E-state index is 11.7. The number of nitrogens with two attached hydrogens (primary N) is 1. The molecule has 5 nitrogen and oxygen atoms in total. The Hall–Kier alpha value is -3.21. The number of hydrogen-bond donors (Lipinski definition) is 1. The fourth-order valence-electron chi connectivity index (χ4n) is 2.96. The van der Waals surface area contributed by atoms with Crippen LogP contribution in [0.1, 0.15) is 10.4 Å². The average Bonchev–Trinajstić information content (AvgIpc) is 3.09. The van der Waals surface area contributed by atoms with Crippen molar-refractivity contribution in [3.05, 3.63) is 54.1 Å². The van der Waals surface area contributed by atoms with Gasteiger partial charge in [0.1, 0.15) is 5.75 Å². The number of rotatable bonds is 3. The normalized spacial score (nSPS) is 12.4. The van der Waals surface area contributed by atoms with Crippen molar-refractivity contribution in [1.29, 1.82) is 0 Å². The van der Waals surface area contributed by atoms with Crippen LogP contribution in [-0.2, 0) is 0 Å². The summed E-state index contributed by atoms with van der Waals surface area (Å²) in [4.78, 5) is 11.7. The van der Waals surface area contributed by atoms with E-state index in [0.717, 1.165) is 27.6 Å². The summed E-state index contributed by atoms with van der Waals surface area (Å²) in [6.07, 6.45) is 0. The summed E-state index contributed by atoms with van der Waals surface area (Å²) in [6.45, 7) is 0.189. The van der Waals surface area contributed by atoms with E-state index >= 15 is 0 Å². The van der Waals surface area contributed by atoms with Crippen LogP contribution in [-0.4, -0.2) is 19.8 Å². The van der Waals surface area contributed by atoms with Gasteiger partial charge in [-0.1, -0.05) is 18.2 Å². The number of amides is 1. The van der Waals surface area contributed by atoms with E-state index in [2.05, 4.69) is 0 Å². The molecule has 0 fully saturated rings. The lowest BCUT2D eigenvalue weighted by Gasteiger charge is -2.12. The predicted octanol–water partition coefficient (Wildman–Crippen LogP) is 3.34. The lowest BCUT2D eigenvalue weighted by molar-refractivity contribution is 0.100. The number of ether oxygens (including phenoxy) is 3. The molecule has 1 aliphatic heterocycles. The molecule has 0 aliphatic carbocycles. The number of primary amides is 1. The van der Waals surface area contributed by atoms with Gasteiger partial charge in [0.15, 0.2) is 11.5 Å². The monoisotopic (exact) mass is 321 g/mol. The van der Waals surface area contributed by atoms with Crippen molar-refractivity contribution in [3.63, 3.8) is 0 Å². The first-order valence-corrected chi connectivity index (χ1v) is 7.48. The summed E-state index contributed by atoms with van der Waals surface area (Å²) in [5, 5.41) is 1.78. The third-order valence-corrected chi connectivity index (χ3v) is 4.14. The molecule has 24 heavy (non-hydrogen) atoms. The van der Waals surface area contributed by atoms with Crippen LogP contribution in [0, 0.1) is 0 Å². The summed E-state index contributed by atoms with van der Waals surface area (Å²) in [5.74, 6) is 1.68. The van der Waals surface area contributed by atoms with Crippen molar-refractivity contribution in [2.75, 3.05) is 13.9 Å². The number of fused-ring (bicyclic) bond motifs is 3. The largest absolute Gasteiger partial charge is 0.497 e. The molecule has 1 heterocycles. The van der Waals surface area contributed by atoms with E-state index < -0.39 is 5.91 Å². The minimum absolute atomic E-state index is 0.189. The Morgan fingerprint density at radius 3 is 2.58 bits per heavy atom. The van der Waals surface area contributed by atoms with E-state index in [1.165, 1.54) is 0 Å². The molecule has 3 aromatic carbocycles. The van der Waals surface area contributed by atoms with Gasteiger partial charge < -0.3 is 19.9 Å². The highest BCUT2D eigenvalue weighted by Gasteiger charge is 2.21. The van der Waals surface area contributed by atoms with Crippen molar-refractivity contribution in [1.82, 2.24) is 0 Å². The first-order chi connectivity index (χ1) is 11.7. The summed E-state index contributed by atoms with van der Waals surface area (Å²) < 4.78 is 16.3. The van der Waals surface area contributed by atoms with Crippen LogP contribution in [0.15, 0.2) is 48.5 Å². The summed E-state index contributed by atoms with van der Waals surface area (Å²) >= 11 is 0. The number of benzene rings is 3. The molecule has 0 saturated heterocycles. The highest BCUT2D eigenvalue weighted by atomic mass is 16.7. The fraction of sp³-hybridized carbons (Fsp3) is 0.105. The number of hydrogen-bond acceptors (Lipinski definition) is 4. The first kappa shape index (κ1) is 14.4. The van der Waals surface area contributed by atoms with Crippen LogP contribution < -0.4 is 19.9 Å². The maximum Gasteiger partial charge on any atom is 0.248 e. The third kappa shape index (κ3) is 2.22. The second kappa shape index (κ2) is 5.45. The lowest BCUT2D eigenvalue weighted by Crippen LogP contribution is -2.11. The molecular weight excluding hydrogens is 306 g/mol. The number of methoxy groups -OCH3 is 1. The van der Waals surface area contributed by atoms with E-state index in [1.807, 2.05) is 36.4 Å². The van der Waals surface area contributed by atoms with Gasteiger partial charge in [0.25, 0.3) is 0 Å². The third-order valence-electron chi connectivity index (χ3n) is 4.14. The predicted molar refractivity (Wildman–Crippen MR) is 90.6 cm³/mol. The van der Waals surface area contributed by atoms with Gasteiger partial charge in [0.05, 0.1) is 7.11 Å². The SMILES string of the molecule is COc1ccc(-c2cc(C(N)=O)cc3ccc4c(c23)OCO4)cc1. The highest BCUT2D eigenvalue weighted by Crippen LogP contribution is 2.44. The van der Waals surface area contributed by atoms with Crippen LogP contribution >= 0.6 is 0 Å². The zero-order valence-electron chi connectivity index (χ0n) is 13.0. The van der Waals surface area contributed by atoms with Gasteiger partial charge in [-0.15, -0.1) is 0 Å². The topological polar surface area (TPSA) is 70.8 Å². The molecule has 2 N–H and O–H groups in total. The van der Waals surface area contributed by atoms with Crippen molar-refractivity contribution < 1.29 is 19.0 Å². The van der Waals surface area contributed by atoms with Gasteiger partial charge in [0.2, 0.25) is 12.7 Å². The molecule has 0 unspecified atom stereocenters. The van der Waals surface area contributed by atoms with Crippen molar-refractivity contribution in [2.24, 2.45) is 5.73 Å². The van der Waals surface area contributed by atoms with Crippen LogP contribution in [0.2, 0.25) is 0 Å². The molecular formula is C19H15NO4. The molecule has 0 saturated carbocycles. The molecule has 0 bridgehead atoms. The second-order valence-electron chi connectivity index (χ2n) is 5.51. The standard InChI is InChI=1S/C19H15NO4/c1-22-14-5-2-11(3-6-14)15-9-13(19(20)21)8-12-4-7-16-18(17(12)15)24-10-23-16/h2-9H,10H2,1H3,(H2,20,21). The molecule has 0 radical (unpaired) electrons. The van der Waals surface area contributed by atoms with Gasteiger partial charge >= 0.3 is 0 Å². The molecule has 5 heteroatoms. The van der Waals surface area contributed by atoms with Crippen molar-refractivity contribution >= 4 is 16.7 Å². The fourth-order valence-corrected chi connectivity index (χ4v) is 2.96. The molecule has 0 atom stereocenters. The smallest absolute Gasteiger partial charge is 0.248 e. The summed E-state index contributed by atoms with van der Waals surface area (Å²) in [7, 11) is 1.62. The second-order valence-corrected chi connectivity index (χ2v) is 5.51. The molecule has 0 aromatic heterocycles.